The molecule has 0 spiro atoms. The normalized spacial score (nSPS) is 38.1. The number of rotatable bonds is 2. The molecule has 0 bridgehead atoms. The topological polar surface area (TPSA) is 97.3 Å². The van der Waals surface area contributed by atoms with Gasteiger partial charge in [0.15, 0.2) is 12.6 Å². The lowest BCUT2D eigenvalue weighted by Crippen LogP contribution is -2.66. The number of carbonyl (C=O) groups excluding carboxylic acids is 1. The summed E-state index contributed by atoms with van der Waals surface area (Å²) in [6.45, 7) is 1.49. The van der Waals surface area contributed by atoms with Gasteiger partial charge in [-0.15, -0.1) is 0 Å². The van der Waals surface area contributed by atoms with Crippen LogP contribution in [0.15, 0.2) is 30.3 Å². The van der Waals surface area contributed by atoms with E-state index >= 15 is 0 Å². The Morgan fingerprint density at radius 3 is 2.64 bits per heavy atom. The molecule has 7 heteroatoms. The van der Waals surface area contributed by atoms with Crippen molar-refractivity contribution in [3.8, 4) is 0 Å². The number of benzene rings is 1. The Morgan fingerprint density at radius 1 is 1.23 bits per heavy atom. The van der Waals surface area contributed by atoms with Gasteiger partial charge in [0.1, 0.15) is 24.4 Å². The number of carbonyl (C=O) groups is 1. The molecule has 2 fully saturated rings. The molecule has 1 aromatic carbocycles. The number of ether oxygens (including phenoxy) is 3. The van der Waals surface area contributed by atoms with E-state index in [0.29, 0.717) is 0 Å². The first kappa shape index (κ1) is 15.4. The van der Waals surface area contributed by atoms with Crippen molar-refractivity contribution in [2.75, 3.05) is 6.61 Å². The Kier molecular flexibility index (Phi) is 4.42. The summed E-state index contributed by atoms with van der Waals surface area (Å²) in [7, 11) is 0. The van der Waals surface area contributed by atoms with E-state index in [1.807, 2.05) is 30.3 Å². The number of fused-ring (bicyclic) bond motifs is 1. The van der Waals surface area contributed by atoms with Gasteiger partial charge < -0.3 is 29.7 Å². The maximum Gasteiger partial charge on any atom is 0.217 e. The van der Waals surface area contributed by atoms with Gasteiger partial charge in [-0.05, 0) is 0 Å². The van der Waals surface area contributed by atoms with Crippen LogP contribution in [0.5, 0.6) is 0 Å². The molecule has 7 nitrogen and oxygen atoms in total. The van der Waals surface area contributed by atoms with E-state index in [0.717, 1.165) is 5.56 Å². The van der Waals surface area contributed by atoms with Crippen molar-refractivity contribution in [3.63, 3.8) is 0 Å². The fourth-order valence-corrected chi connectivity index (χ4v) is 2.78. The second kappa shape index (κ2) is 6.31. The molecule has 3 N–H and O–H groups in total. The van der Waals surface area contributed by atoms with Crippen LogP contribution in [0.25, 0.3) is 0 Å². The van der Waals surface area contributed by atoms with Crippen molar-refractivity contribution >= 4 is 5.91 Å². The van der Waals surface area contributed by atoms with Gasteiger partial charge in [0.05, 0.1) is 6.61 Å². The number of nitrogens with one attached hydrogen (secondary N) is 1. The summed E-state index contributed by atoms with van der Waals surface area (Å²) < 4.78 is 16.8. The Balaban J connectivity index is 1.75. The van der Waals surface area contributed by atoms with Crippen LogP contribution in [0.4, 0.5) is 0 Å². The zero-order chi connectivity index (χ0) is 15.7. The maximum atomic E-state index is 11.2. The molecule has 1 amide bonds. The number of amides is 1. The fraction of sp³-hybridized carbons (Fsp3) is 0.533. The van der Waals surface area contributed by atoms with Gasteiger partial charge >= 0.3 is 0 Å². The van der Waals surface area contributed by atoms with Gasteiger partial charge in [0.25, 0.3) is 0 Å². The van der Waals surface area contributed by atoms with E-state index in [1.54, 1.807) is 0 Å². The summed E-state index contributed by atoms with van der Waals surface area (Å²) in [5.74, 6) is -0.364. The first-order valence-corrected chi connectivity index (χ1v) is 7.17. The molecule has 0 aliphatic carbocycles. The van der Waals surface area contributed by atoms with E-state index < -0.39 is 36.9 Å². The van der Waals surface area contributed by atoms with Crippen LogP contribution in [0.2, 0.25) is 0 Å². The lowest BCUT2D eigenvalue weighted by molar-refractivity contribution is -0.337. The van der Waals surface area contributed by atoms with Crippen LogP contribution < -0.4 is 5.32 Å². The van der Waals surface area contributed by atoms with Gasteiger partial charge in [-0.25, -0.2) is 0 Å². The van der Waals surface area contributed by atoms with Crippen molar-refractivity contribution in [2.45, 2.75) is 43.9 Å². The predicted octanol–water partition coefficient (Wildman–Crippen LogP) is -0.317. The molecule has 22 heavy (non-hydrogen) atoms. The summed E-state index contributed by atoms with van der Waals surface area (Å²) in [6.07, 6.45) is -4.29. The first-order chi connectivity index (χ1) is 10.6. The first-order valence-electron chi connectivity index (χ1n) is 7.17. The lowest BCUT2D eigenvalue weighted by atomic mass is 9.96. The third-order valence-electron chi connectivity index (χ3n) is 3.83. The molecular formula is C15H19NO6. The average molecular weight is 309 g/mol. The van der Waals surface area contributed by atoms with Crippen LogP contribution in [0, 0.1) is 0 Å². The maximum absolute atomic E-state index is 11.2. The molecule has 3 rings (SSSR count). The summed E-state index contributed by atoms with van der Waals surface area (Å²) in [6, 6.07) is 8.41. The second-order valence-corrected chi connectivity index (χ2v) is 5.46. The molecule has 0 radical (unpaired) electrons. The fourth-order valence-electron chi connectivity index (χ4n) is 2.78. The summed E-state index contributed by atoms with van der Waals surface area (Å²) >= 11 is 0. The van der Waals surface area contributed by atoms with E-state index in [2.05, 4.69) is 5.32 Å². The molecule has 2 saturated heterocycles. The van der Waals surface area contributed by atoms with Crippen LogP contribution in [0.1, 0.15) is 18.8 Å². The zero-order valence-corrected chi connectivity index (χ0v) is 12.1. The van der Waals surface area contributed by atoms with E-state index in [1.165, 1.54) is 6.92 Å². The minimum atomic E-state index is -1.30. The van der Waals surface area contributed by atoms with Crippen LogP contribution >= 0.6 is 0 Å². The molecule has 120 valence electrons. The molecule has 0 aromatic heterocycles. The van der Waals surface area contributed by atoms with Crippen LogP contribution in [-0.4, -0.2) is 53.4 Å². The molecule has 2 unspecified atom stereocenters. The number of aliphatic hydroxyl groups excluding tert-OH is 2. The highest BCUT2D eigenvalue weighted by Crippen LogP contribution is 2.33. The molecule has 0 saturated carbocycles. The van der Waals surface area contributed by atoms with Crippen molar-refractivity contribution in [3.05, 3.63) is 35.9 Å². The Bertz CT molecular complexity index is 524. The minimum absolute atomic E-state index is 0.186. The zero-order valence-electron chi connectivity index (χ0n) is 12.1. The highest BCUT2D eigenvalue weighted by molar-refractivity contribution is 5.73. The van der Waals surface area contributed by atoms with Gasteiger partial charge in [-0.1, -0.05) is 30.3 Å². The Morgan fingerprint density at radius 2 is 1.95 bits per heavy atom. The standard InChI is InChI=1S/C15H19NO6/c1-8(17)16-11-12(18)13-10(21-14(11)19)7-20-15(22-13)9-5-3-2-4-6-9/h2-6,10-15,18-19H,7H2,1H3,(H,16,17)/t10?,11-,12+,13-,14+,15?/m0/s1. The van der Waals surface area contributed by atoms with Crippen molar-refractivity contribution in [1.82, 2.24) is 5.32 Å². The van der Waals surface area contributed by atoms with Crippen molar-refractivity contribution in [2.24, 2.45) is 0 Å². The van der Waals surface area contributed by atoms with Crippen LogP contribution in [-0.2, 0) is 19.0 Å². The summed E-state index contributed by atoms with van der Waals surface area (Å²) in [4.78, 5) is 11.2. The molecule has 6 atom stereocenters. The van der Waals surface area contributed by atoms with Crippen molar-refractivity contribution in [1.29, 1.82) is 0 Å². The van der Waals surface area contributed by atoms with Gasteiger partial charge in [-0.2, -0.15) is 0 Å². The number of hydrogen-bond donors (Lipinski definition) is 3. The molecule has 2 aliphatic rings. The molecule has 2 heterocycles. The number of aliphatic hydroxyl groups is 2. The summed E-state index contributed by atoms with van der Waals surface area (Å²) in [5.41, 5.74) is 0.829. The average Bonchev–Trinajstić information content (AvgIpc) is 2.52. The largest absolute Gasteiger partial charge is 0.388 e. The van der Waals surface area contributed by atoms with E-state index in [9.17, 15) is 15.0 Å². The van der Waals surface area contributed by atoms with Crippen LogP contribution in [0.3, 0.4) is 0 Å². The third kappa shape index (κ3) is 2.99. The molecule has 2 aliphatic heterocycles. The highest BCUT2D eigenvalue weighted by atomic mass is 16.7. The summed E-state index contributed by atoms with van der Waals surface area (Å²) in [5, 5.41) is 22.8. The lowest BCUT2D eigenvalue weighted by Gasteiger charge is -2.46. The molecular weight excluding hydrogens is 290 g/mol. The SMILES string of the molecule is CC(=O)N[C@H]1[C@@H](O)[C@H]2OC(c3ccccc3)OCC2O[C@H]1O. The van der Waals surface area contributed by atoms with Gasteiger partial charge in [-0.3, -0.25) is 4.79 Å². The predicted molar refractivity (Wildman–Crippen MR) is 74.5 cm³/mol. The van der Waals surface area contributed by atoms with Gasteiger partial charge in [0.2, 0.25) is 5.91 Å². The van der Waals surface area contributed by atoms with Gasteiger partial charge in [0, 0.05) is 12.5 Å². The second-order valence-electron chi connectivity index (χ2n) is 5.46. The number of hydrogen-bond acceptors (Lipinski definition) is 6. The Hall–Kier alpha value is -1.51. The monoisotopic (exact) mass is 309 g/mol. The van der Waals surface area contributed by atoms with Crippen molar-refractivity contribution < 1.29 is 29.2 Å². The quantitative estimate of drug-likeness (QED) is 0.693. The smallest absolute Gasteiger partial charge is 0.217 e. The molecule has 1 aromatic rings. The third-order valence-corrected chi connectivity index (χ3v) is 3.83. The van der Waals surface area contributed by atoms with E-state index in [4.69, 9.17) is 14.2 Å². The highest BCUT2D eigenvalue weighted by Gasteiger charge is 2.49. The minimum Gasteiger partial charge on any atom is -0.388 e. The Labute approximate surface area is 127 Å². The van der Waals surface area contributed by atoms with E-state index in [-0.39, 0.29) is 12.5 Å².